The van der Waals surface area contributed by atoms with Gasteiger partial charge in [-0.15, -0.1) is 0 Å². The molecule has 0 N–H and O–H groups in total. The highest BCUT2D eigenvalue weighted by molar-refractivity contribution is 7.99. The summed E-state index contributed by atoms with van der Waals surface area (Å²) in [5, 5.41) is 0. The van der Waals surface area contributed by atoms with Crippen molar-refractivity contribution in [2.45, 2.75) is 40.5 Å². The molecule has 23 heavy (non-hydrogen) atoms. The minimum Gasteiger partial charge on any atom is -0.288 e. The minimum atomic E-state index is -0.240. The van der Waals surface area contributed by atoms with Crippen molar-refractivity contribution in [3.63, 3.8) is 0 Å². The van der Waals surface area contributed by atoms with E-state index in [1.165, 1.54) is 12.1 Å². The van der Waals surface area contributed by atoms with Gasteiger partial charge in [0, 0.05) is 18.9 Å². The molecule has 0 radical (unpaired) electrons. The van der Waals surface area contributed by atoms with E-state index in [0.29, 0.717) is 11.9 Å². The second kappa shape index (κ2) is 8.87. The number of benzene rings is 1. The maximum absolute atomic E-state index is 13.1. The molecule has 0 atom stereocenters. The summed E-state index contributed by atoms with van der Waals surface area (Å²) in [7, 11) is 1.94. The molecule has 0 aliphatic rings. The third kappa shape index (κ3) is 4.67. The van der Waals surface area contributed by atoms with E-state index >= 15 is 0 Å². The van der Waals surface area contributed by atoms with Crippen LogP contribution in [0.25, 0.3) is 11.3 Å². The van der Waals surface area contributed by atoms with Crippen molar-refractivity contribution in [1.29, 1.82) is 0 Å². The van der Waals surface area contributed by atoms with Crippen LogP contribution in [0.4, 0.5) is 10.3 Å². The standard InChI is InChI=1S/C16H20FN3S.C2H6/c1-10(2)14-11(3)15(12-6-8-13(17)9-7-12)19-16(18-14)20(4)21-5;1-2/h6-10H,1-5H3;1-2H3. The van der Waals surface area contributed by atoms with Crippen molar-refractivity contribution in [3.8, 4) is 11.3 Å². The predicted molar refractivity (Wildman–Crippen MR) is 99.5 cm³/mol. The molecule has 0 aliphatic heterocycles. The van der Waals surface area contributed by atoms with Gasteiger partial charge in [0.1, 0.15) is 5.82 Å². The summed E-state index contributed by atoms with van der Waals surface area (Å²) in [5.41, 5.74) is 3.86. The molecular formula is C18H26FN3S. The number of hydrogen-bond donors (Lipinski definition) is 0. The van der Waals surface area contributed by atoms with Crippen molar-refractivity contribution < 1.29 is 4.39 Å². The van der Waals surface area contributed by atoms with E-state index in [2.05, 4.69) is 23.8 Å². The number of aromatic nitrogens is 2. The normalized spacial score (nSPS) is 10.3. The van der Waals surface area contributed by atoms with Crippen molar-refractivity contribution in [2.75, 3.05) is 17.6 Å². The molecule has 1 aromatic carbocycles. The van der Waals surface area contributed by atoms with Gasteiger partial charge in [-0.25, -0.2) is 14.4 Å². The van der Waals surface area contributed by atoms with E-state index in [9.17, 15) is 4.39 Å². The van der Waals surface area contributed by atoms with Gasteiger partial charge in [0.15, 0.2) is 0 Å². The fourth-order valence-electron chi connectivity index (χ4n) is 2.20. The molecule has 2 rings (SSSR count). The highest BCUT2D eigenvalue weighted by Crippen LogP contribution is 2.30. The van der Waals surface area contributed by atoms with E-state index in [4.69, 9.17) is 0 Å². The molecule has 0 bridgehead atoms. The third-order valence-corrected chi connectivity index (χ3v) is 4.10. The lowest BCUT2D eigenvalue weighted by molar-refractivity contribution is 0.628. The smallest absolute Gasteiger partial charge is 0.236 e. The molecule has 0 unspecified atom stereocenters. The first-order chi connectivity index (χ1) is 10.9. The fraction of sp³-hybridized carbons (Fsp3) is 0.444. The van der Waals surface area contributed by atoms with Gasteiger partial charge in [-0.2, -0.15) is 0 Å². The van der Waals surface area contributed by atoms with E-state index < -0.39 is 0 Å². The summed E-state index contributed by atoms with van der Waals surface area (Å²) in [4.78, 5) is 9.32. The highest BCUT2D eigenvalue weighted by Gasteiger charge is 2.16. The molecule has 0 spiro atoms. The van der Waals surface area contributed by atoms with Gasteiger partial charge in [0.2, 0.25) is 5.95 Å². The van der Waals surface area contributed by atoms with Gasteiger partial charge < -0.3 is 0 Å². The van der Waals surface area contributed by atoms with Crippen LogP contribution in [0.1, 0.15) is 44.9 Å². The Kier molecular flexibility index (Phi) is 7.49. The Hall–Kier alpha value is -1.62. The summed E-state index contributed by atoms with van der Waals surface area (Å²) in [6, 6.07) is 6.45. The highest BCUT2D eigenvalue weighted by atomic mass is 32.2. The van der Waals surface area contributed by atoms with Gasteiger partial charge in [0.05, 0.1) is 11.4 Å². The molecule has 0 saturated carbocycles. The Labute approximate surface area is 143 Å². The van der Waals surface area contributed by atoms with Gasteiger partial charge in [-0.3, -0.25) is 4.31 Å². The average molecular weight is 335 g/mol. The van der Waals surface area contributed by atoms with E-state index in [1.807, 2.05) is 38.4 Å². The largest absolute Gasteiger partial charge is 0.288 e. The van der Waals surface area contributed by atoms with Crippen LogP contribution >= 0.6 is 11.9 Å². The maximum Gasteiger partial charge on any atom is 0.236 e. The fourth-order valence-corrected chi connectivity index (χ4v) is 2.44. The van der Waals surface area contributed by atoms with Crippen LogP contribution in [-0.4, -0.2) is 23.3 Å². The SMILES string of the molecule is CC.CSN(C)c1nc(-c2ccc(F)cc2)c(C)c(C(C)C)n1. The van der Waals surface area contributed by atoms with Gasteiger partial charge in [0.25, 0.3) is 0 Å². The Morgan fingerprint density at radius 2 is 1.65 bits per heavy atom. The second-order valence-corrected chi connectivity index (χ2v) is 6.14. The van der Waals surface area contributed by atoms with E-state index in [0.717, 1.165) is 22.5 Å². The van der Waals surface area contributed by atoms with Crippen LogP contribution in [0.3, 0.4) is 0 Å². The molecular weight excluding hydrogens is 309 g/mol. The number of nitrogens with zero attached hydrogens (tertiary/aromatic N) is 3. The number of rotatable bonds is 4. The van der Waals surface area contributed by atoms with Crippen LogP contribution in [-0.2, 0) is 0 Å². The zero-order valence-corrected chi connectivity index (χ0v) is 15.8. The lowest BCUT2D eigenvalue weighted by Crippen LogP contribution is -2.13. The lowest BCUT2D eigenvalue weighted by atomic mass is 10.00. The van der Waals surface area contributed by atoms with Crippen LogP contribution < -0.4 is 4.31 Å². The van der Waals surface area contributed by atoms with Crippen LogP contribution in [0.2, 0.25) is 0 Å². The van der Waals surface area contributed by atoms with Crippen LogP contribution in [0.15, 0.2) is 24.3 Å². The Morgan fingerprint density at radius 3 is 2.13 bits per heavy atom. The van der Waals surface area contributed by atoms with Gasteiger partial charge in [-0.05, 0) is 42.7 Å². The summed E-state index contributed by atoms with van der Waals surface area (Å²) in [6.45, 7) is 10.3. The molecule has 1 heterocycles. The first kappa shape index (κ1) is 19.4. The first-order valence-corrected chi connectivity index (χ1v) is 9.04. The molecule has 5 heteroatoms. The maximum atomic E-state index is 13.1. The molecule has 0 fully saturated rings. The van der Waals surface area contributed by atoms with Crippen molar-refractivity contribution in [3.05, 3.63) is 41.3 Å². The Bertz CT molecular complexity index is 627. The number of halogens is 1. The van der Waals surface area contributed by atoms with Crippen LogP contribution in [0.5, 0.6) is 0 Å². The molecule has 1 aromatic heterocycles. The van der Waals surface area contributed by atoms with Crippen molar-refractivity contribution in [2.24, 2.45) is 0 Å². The first-order valence-electron chi connectivity index (χ1n) is 7.86. The summed E-state index contributed by atoms with van der Waals surface area (Å²) < 4.78 is 15.1. The predicted octanol–water partition coefficient (Wildman–Crippen LogP) is 5.45. The molecule has 0 aliphatic carbocycles. The summed E-state index contributed by atoms with van der Waals surface area (Å²) in [5.74, 6) is 0.744. The lowest BCUT2D eigenvalue weighted by Gasteiger charge is -2.19. The Morgan fingerprint density at radius 1 is 1.09 bits per heavy atom. The van der Waals surface area contributed by atoms with Crippen molar-refractivity contribution in [1.82, 2.24) is 9.97 Å². The third-order valence-electron chi connectivity index (χ3n) is 3.39. The average Bonchev–Trinajstić information content (AvgIpc) is 2.57. The quantitative estimate of drug-likeness (QED) is 0.694. The molecule has 0 saturated heterocycles. The zero-order chi connectivity index (χ0) is 17.6. The Balaban J connectivity index is 0.00000127. The number of hydrogen-bond acceptors (Lipinski definition) is 4. The molecule has 126 valence electrons. The zero-order valence-electron chi connectivity index (χ0n) is 15.0. The summed E-state index contributed by atoms with van der Waals surface area (Å²) >= 11 is 1.56. The van der Waals surface area contributed by atoms with Gasteiger partial charge >= 0.3 is 0 Å². The van der Waals surface area contributed by atoms with E-state index in [-0.39, 0.29) is 5.82 Å². The number of anilines is 1. The van der Waals surface area contributed by atoms with Gasteiger partial charge in [-0.1, -0.05) is 39.6 Å². The van der Waals surface area contributed by atoms with Crippen LogP contribution in [0, 0.1) is 12.7 Å². The topological polar surface area (TPSA) is 29.0 Å². The molecule has 0 amide bonds. The molecule has 2 aromatic rings. The molecule has 3 nitrogen and oxygen atoms in total. The van der Waals surface area contributed by atoms with E-state index in [1.54, 1.807) is 24.1 Å². The second-order valence-electron chi connectivity index (χ2n) is 5.22. The monoisotopic (exact) mass is 335 g/mol. The van der Waals surface area contributed by atoms with Crippen molar-refractivity contribution >= 4 is 17.9 Å². The summed E-state index contributed by atoms with van der Waals surface area (Å²) in [6.07, 6.45) is 1.98. The minimum absolute atomic E-state index is 0.240.